The van der Waals surface area contributed by atoms with Crippen molar-refractivity contribution in [1.29, 1.82) is 0 Å². The number of benzene rings is 1. The van der Waals surface area contributed by atoms with E-state index in [1.54, 1.807) is 24.3 Å². The average Bonchev–Trinajstić information content (AvgIpc) is 2.72. The summed E-state index contributed by atoms with van der Waals surface area (Å²) >= 11 is 0. The predicted octanol–water partition coefficient (Wildman–Crippen LogP) is -1.01. The summed E-state index contributed by atoms with van der Waals surface area (Å²) in [5, 5.41) is 41.8. The molecule has 10 nitrogen and oxygen atoms in total. The van der Waals surface area contributed by atoms with E-state index in [-0.39, 0.29) is 17.9 Å². The number of aliphatic hydroxyl groups is 4. The highest BCUT2D eigenvalue weighted by Gasteiger charge is 2.43. The summed E-state index contributed by atoms with van der Waals surface area (Å²) in [4.78, 5) is 14.3. The maximum absolute atomic E-state index is 12.1. The first-order chi connectivity index (χ1) is 13.4. The van der Waals surface area contributed by atoms with E-state index in [1.807, 2.05) is 13.8 Å². The molecule has 5 atom stereocenters. The molecule has 7 N–H and O–H groups in total. The molecule has 0 bridgehead atoms. The molecule has 1 aliphatic rings. The minimum absolute atomic E-state index is 0. The minimum atomic E-state index is -1.46. The fraction of sp³-hybridized carbons (Fsp3) is 0.632. The van der Waals surface area contributed by atoms with Crippen molar-refractivity contribution in [3.8, 4) is 0 Å². The van der Waals surface area contributed by atoms with E-state index in [0.29, 0.717) is 24.4 Å². The topological polar surface area (TPSA) is 163 Å². The van der Waals surface area contributed by atoms with Crippen LogP contribution in [-0.2, 0) is 9.47 Å². The normalized spacial score (nSPS) is 25.8. The van der Waals surface area contributed by atoms with Crippen molar-refractivity contribution < 1.29 is 40.2 Å². The van der Waals surface area contributed by atoms with Crippen LogP contribution in [0, 0.1) is 0 Å². The van der Waals surface area contributed by atoms with Crippen LogP contribution in [0.1, 0.15) is 24.2 Å². The number of hydrogen-bond donors (Lipinski definition) is 5. The molecule has 1 saturated heterocycles. The van der Waals surface area contributed by atoms with Crippen LogP contribution < -0.4 is 5.32 Å². The number of hydrogen-bond acceptors (Lipinski definition) is 9. The second-order valence-electron chi connectivity index (χ2n) is 6.63. The SMILES string of the molecule is CCN(CC)CCOC(=O)c1ccc(N[C@@H]2O[C@H](CO)[C@@H](O)[C@H](O)[C@H]2O)cc1.Cl.O. The first kappa shape index (κ1) is 28.5. The van der Waals surface area contributed by atoms with Crippen LogP contribution >= 0.6 is 12.4 Å². The van der Waals surface area contributed by atoms with Gasteiger partial charge in [-0.05, 0) is 37.4 Å². The Kier molecular flexibility index (Phi) is 13.0. The van der Waals surface area contributed by atoms with E-state index in [0.717, 1.165) is 13.1 Å². The molecular weight excluding hydrogens is 420 g/mol. The molecule has 11 heteroatoms. The molecule has 0 unspecified atom stereocenters. The standard InChI is InChI=1S/C19H30N2O7.ClH.H2O/c1-3-21(4-2)9-10-27-19(26)12-5-7-13(8-6-12)20-18-17(25)16(24)15(23)14(11-22)28-18;;/h5-8,14-18,20,22-25H,3-4,9-11H2,1-2H3;1H;1H2/t14-,15-,16+,17-,18-;;/m1../s1. The fourth-order valence-electron chi connectivity index (χ4n) is 2.98. The van der Waals surface area contributed by atoms with Gasteiger partial charge in [-0.1, -0.05) is 13.8 Å². The zero-order valence-electron chi connectivity index (χ0n) is 17.1. The third-order valence-corrected chi connectivity index (χ3v) is 4.86. The molecule has 174 valence electrons. The highest BCUT2D eigenvalue weighted by Crippen LogP contribution is 2.23. The summed E-state index contributed by atoms with van der Waals surface area (Å²) in [7, 11) is 0. The summed E-state index contributed by atoms with van der Waals surface area (Å²) in [5.41, 5.74) is 0.919. The first-order valence-electron chi connectivity index (χ1n) is 9.47. The van der Waals surface area contributed by atoms with Gasteiger partial charge in [0.1, 0.15) is 31.0 Å². The first-order valence-corrected chi connectivity index (χ1v) is 9.47. The Morgan fingerprint density at radius 1 is 1.10 bits per heavy atom. The summed E-state index contributed by atoms with van der Waals surface area (Å²) < 4.78 is 10.7. The number of carbonyl (C=O) groups excluding carboxylic acids is 1. The van der Waals surface area contributed by atoms with Crippen molar-refractivity contribution in [2.75, 3.05) is 38.2 Å². The van der Waals surface area contributed by atoms with Crippen molar-refractivity contribution >= 4 is 24.1 Å². The molecule has 2 rings (SSSR count). The number of ether oxygens (including phenoxy) is 2. The van der Waals surface area contributed by atoms with Gasteiger partial charge in [0.2, 0.25) is 0 Å². The lowest BCUT2D eigenvalue weighted by molar-refractivity contribution is -0.221. The molecule has 1 heterocycles. The van der Waals surface area contributed by atoms with Crippen molar-refractivity contribution in [2.45, 2.75) is 44.5 Å². The molecule has 1 fully saturated rings. The molecule has 0 aliphatic carbocycles. The number of likely N-dealkylation sites (N-methyl/N-ethyl adjacent to an activating group) is 1. The minimum Gasteiger partial charge on any atom is -0.461 e. The van der Waals surface area contributed by atoms with Gasteiger partial charge in [-0.25, -0.2) is 4.79 Å². The van der Waals surface area contributed by atoms with Crippen LogP contribution in [0.25, 0.3) is 0 Å². The molecule has 1 aromatic carbocycles. The van der Waals surface area contributed by atoms with Crippen molar-refractivity contribution in [2.24, 2.45) is 0 Å². The van der Waals surface area contributed by atoms with Crippen molar-refractivity contribution in [3.63, 3.8) is 0 Å². The summed E-state index contributed by atoms with van der Waals surface area (Å²) in [6, 6.07) is 6.38. The monoisotopic (exact) mass is 452 g/mol. The third-order valence-electron chi connectivity index (χ3n) is 4.86. The quantitative estimate of drug-likeness (QED) is 0.295. The number of esters is 1. The van der Waals surface area contributed by atoms with Crippen LogP contribution in [0.2, 0.25) is 0 Å². The van der Waals surface area contributed by atoms with Crippen LogP contribution in [0.4, 0.5) is 5.69 Å². The lowest BCUT2D eigenvalue weighted by atomic mass is 9.98. The van der Waals surface area contributed by atoms with Gasteiger partial charge in [-0.2, -0.15) is 0 Å². The Hall–Kier alpha value is -1.50. The zero-order valence-corrected chi connectivity index (χ0v) is 17.9. The number of nitrogens with zero attached hydrogens (tertiary/aromatic N) is 1. The Balaban J connectivity index is 0.00000420. The van der Waals surface area contributed by atoms with Crippen LogP contribution in [0.15, 0.2) is 24.3 Å². The molecule has 0 amide bonds. The molecule has 0 radical (unpaired) electrons. The Bertz CT molecular complexity index is 615. The molecular formula is C19H33ClN2O8. The van der Waals surface area contributed by atoms with Gasteiger partial charge < -0.3 is 45.6 Å². The highest BCUT2D eigenvalue weighted by atomic mass is 35.5. The molecule has 1 aromatic rings. The third kappa shape index (κ3) is 7.33. The zero-order chi connectivity index (χ0) is 20.7. The lowest BCUT2D eigenvalue weighted by Crippen LogP contribution is -2.60. The predicted molar refractivity (Wildman–Crippen MR) is 113 cm³/mol. The number of nitrogens with one attached hydrogen (secondary N) is 1. The maximum atomic E-state index is 12.1. The van der Waals surface area contributed by atoms with Gasteiger partial charge in [-0.3, -0.25) is 0 Å². The van der Waals surface area contributed by atoms with E-state index in [9.17, 15) is 25.2 Å². The maximum Gasteiger partial charge on any atom is 0.338 e. The van der Waals surface area contributed by atoms with E-state index in [1.165, 1.54) is 0 Å². The Morgan fingerprint density at radius 3 is 2.23 bits per heavy atom. The number of anilines is 1. The lowest BCUT2D eigenvalue weighted by Gasteiger charge is -2.40. The van der Waals surface area contributed by atoms with Crippen LogP contribution in [0.5, 0.6) is 0 Å². The molecule has 1 aliphatic heterocycles. The second kappa shape index (κ2) is 13.7. The van der Waals surface area contributed by atoms with Crippen LogP contribution in [-0.4, -0.2) is 100 Å². The summed E-state index contributed by atoms with van der Waals surface area (Å²) in [6.07, 6.45) is -6.27. The van der Waals surface area contributed by atoms with Gasteiger partial charge >= 0.3 is 5.97 Å². The smallest absolute Gasteiger partial charge is 0.338 e. The Morgan fingerprint density at radius 2 is 1.70 bits per heavy atom. The van der Waals surface area contributed by atoms with Gasteiger partial charge in [-0.15, -0.1) is 12.4 Å². The largest absolute Gasteiger partial charge is 0.461 e. The Labute approximate surface area is 182 Å². The van der Waals surface area contributed by atoms with Crippen molar-refractivity contribution in [3.05, 3.63) is 29.8 Å². The molecule has 0 saturated carbocycles. The molecule has 0 spiro atoms. The van der Waals surface area contributed by atoms with E-state index < -0.39 is 43.2 Å². The average molecular weight is 453 g/mol. The number of aliphatic hydroxyl groups excluding tert-OH is 4. The van der Waals surface area contributed by atoms with E-state index >= 15 is 0 Å². The van der Waals surface area contributed by atoms with Gasteiger partial charge in [0, 0.05) is 12.2 Å². The summed E-state index contributed by atoms with van der Waals surface area (Å²) in [5.74, 6) is -0.424. The summed E-state index contributed by atoms with van der Waals surface area (Å²) in [6.45, 7) is 6.37. The number of halogens is 1. The van der Waals surface area contributed by atoms with E-state index in [2.05, 4.69) is 10.2 Å². The van der Waals surface area contributed by atoms with E-state index in [4.69, 9.17) is 9.47 Å². The molecule has 0 aromatic heterocycles. The van der Waals surface area contributed by atoms with Gasteiger partial charge in [0.15, 0.2) is 6.23 Å². The van der Waals surface area contributed by atoms with Gasteiger partial charge in [0.05, 0.1) is 12.2 Å². The fourth-order valence-corrected chi connectivity index (χ4v) is 2.98. The van der Waals surface area contributed by atoms with Crippen molar-refractivity contribution in [1.82, 2.24) is 4.90 Å². The van der Waals surface area contributed by atoms with Crippen LogP contribution in [0.3, 0.4) is 0 Å². The second-order valence-corrected chi connectivity index (χ2v) is 6.63. The number of carbonyl (C=O) groups is 1. The van der Waals surface area contributed by atoms with Gasteiger partial charge in [0.25, 0.3) is 0 Å². The highest BCUT2D eigenvalue weighted by molar-refractivity contribution is 5.89. The molecule has 30 heavy (non-hydrogen) atoms. The number of rotatable bonds is 9.